The lowest BCUT2D eigenvalue weighted by Crippen LogP contribution is -2.23. The molecule has 0 bridgehead atoms. The molecule has 0 spiro atoms. The maximum Gasteiger partial charge on any atom is 0.336 e. The monoisotopic (exact) mass is 347 g/mol. The van der Waals surface area contributed by atoms with Crippen LogP contribution in [0.15, 0.2) is 33.5 Å². The first-order valence-electron chi connectivity index (χ1n) is 8.46. The van der Waals surface area contributed by atoms with E-state index in [9.17, 15) is 14.9 Å². The average molecular weight is 347 g/mol. The van der Waals surface area contributed by atoms with Gasteiger partial charge in [0.15, 0.2) is 0 Å². The molecule has 1 aliphatic rings. The molecule has 1 aromatic heterocycles. The van der Waals surface area contributed by atoms with Crippen LogP contribution in [0.3, 0.4) is 0 Å². The zero-order valence-corrected chi connectivity index (χ0v) is 14.1. The quantitative estimate of drug-likeness (QED) is 0.451. The summed E-state index contributed by atoms with van der Waals surface area (Å²) in [6, 6.07) is 7.00. The van der Waals surface area contributed by atoms with Gasteiger partial charge in [0, 0.05) is 17.5 Å². The third kappa shape index (κ3) is 4.49. The highest BCUT2D eigenvalue weighted by atomic mass is 16.9. The van der Waals surface area contributed by atoms with Crippen LogP contribution in [-0.2, 0) is 4.84 Å². The van der Waals surface area contributed by atoms with Gasteiger partial charge in [0.05, 0.1) is 13.2 Å². The van der Waals surface area contributed by atoms with Crippen molar-refractivity contribution in [2.24, 2.45) is 11.8 Å². The lowest BCUT2D eigenvalue weighted by molar-refractivity contribution is -0.759. The summed E-state index contributed by atoms with van der Waals surface area (Å²) < 4.78 is 11.1. The number of nitrogens with zero attached hydrogens (tertiary/aromatic N) is 1. The Morgan fingerprint density at radius 1 is 1.16 bits per heavy atom. The Hall–Kier alpha value is -2.57. The zero-order valence-electron chi connectivity index (χ0n) is 14.1. The Bertz CT molecular complexity index is 807. The van der Waals surface area contributed by atoms with E-state index in [1.54, 1.807) is 6.07 Å². The summed E-state index contributed by atoms with van der Waals surface area (Å²) in [4.78, 5) is 26.2. The highest BCUT2D eigenvalue weighted by Crippen LogP contribution is 2.30. The third-order valence-corrected chi connectivity index (χ3v) is 4.79. The molecule has 0 atom stereocenters. The van der Waals surface area contributed by atoms with Crippen LogP contribution in [0.5, 0.6) is 5.75 Å². The van der Waals surface area contributed by atoms with Crippen molar-refractivity contribution in [2.75, 3.05) is 13.2 Å². The maximum absolute atomic E-state index is 11.5. The van der Waals surface area contributed by atoms with Gasteiger partial charge in [-0.25, -0.2) is 4.79 Å². The highest BCUT2D eigenvalue weighted by molar-refractivity contribution is 5.81. The molecule has 134 valence electrons. The van der Waals surface area contributed by atoms with Gasteiger partial charge in [0.1, 0.15) is 11.3 Å². The summed E-state index contributed by atoms with van der Waals surface area (Å²) in [6.07, 6.45) is 3.75. The molecular formula is C18H21NO6. The van der Waals surface area contributed by atoms with Crippen LogP contribution >= 0.6 is 0 Å². The summed E-state index contributed by atoms with van der Waals surface area (Å²) in [6.45, 7) is 2.65. The van der Waals surface area contributed by atoms with Gasteiger partial charge >= 0.3 is 5.63 Å². The smallest absolute Gasteiger partial charge is 0.336 e. The molecule has 1 saturated carbocycles. The second-order valence-electron chi connectivity index (χ2n) is 6.62. The van der Waals surface area contributed by atoms with Gasteiger partial charge in [-0.05, 0) is 62.1 Å². The minimum atomic E-state index is -0.727. The zero-order chi connectivity index (χ0) is 17.8. The molecule has 2 aromatic rings. The summed E-state index contributed by atoms with van der Waals surface area (Å²) >= 11 is 0. The molecular weight excluding hydrogens is 326 g/mol. The van der Waals surface area contributed by atoms with Crippen molar-refractivity contribution in [3.8, 4) is 5.75 Å². The van der Waals surface area contributed by atoms with E-state index in [0.717, 1.165) is 36.6 Å². The second-order valence-corrected chi connectivity index (χ2v) is 6.62. The van der Waals surface area contributed by atoms with E-state index in [2.05, 4.69) is 4.84 Å². The maximum atomic E-state index is 11.5. The Morgan fingerprint density at radius 2 is 1.84 bits per heavy atom. The van der Waals surface area contributed by atoms with E-state index in [4.69, 9.17) is 9.15 Å². The Balaban J connectivity index is 1.53. The van der Waals surface area contributed by atoms with Crippen molar-refractivity contribution >= 4 is 11.0 Å². The first-order chi connectivity index (χ1) is 12.0. The van der Waals surface area contributed by atoms with Gasteiger partial charge in [0.2, 0.25) is 0 Å². The largest absolute Gasteiger partial charge is 0.493 e. The van der Waals surface area contributed by atoms with Crippen LogP contribution in [0.4, 0.5) is 0 Å². The summed E-state index contributed by atoms with van der Waals surface area (Å²) in [5.41, 5.74) is 1.05. The molecule has 25 heavy (non-hydrogen) atoms. The fourth-order valence-corrected chi connectivity index (χ4v) is 3.34. The van der Waals surface area contributed by atoms with Crippen molar-refractivity contribution in [1.82, 2.24) is 0 Å². The molecule has 0 N–H and O–H groups in total. The Kier molecular flexibility index (Phi) is 5.21. The molecule has 1 heterocycles. The number of rotatable bonds is 6. The number of hydrogen-bond donors (Lipinski definition) is 0. The van der Waals surface area contributed by atoms with E-state index in [-0.39, 0.29) is 18.2 Å². The Morgan fingerprint density at radius 3 is 2.52 bits per heavy atom. The minimum Gasteiger partial charge on any atom is -0.493 e. The van der Waals surface area contributed by atoms with Crippen LogP contribution in [-0.4, -0.2) is 18.3 Å². The summed E-state index contributed by atoms with van der Waals surface area (Å²) in [7, 11) is 0. The SMILES string of the molecule is Cc1cc(=O)oc2cc(OC[C@H]3CC[C@H](CO[N+](=O)[O-])CC3)ccc12. The first-order valence-corrected chi connectivity index (χ1v) is 8.46. The predicted octanol–water partition coefficient (Wildman–Crippen LogP) is 3.49. The van der Waals surface area contributed by atoms with Crippen LogP contribution in [0.25, 0.3) is 11.0 Å². The van der Waals surface area contributed by atoms with Gasteiger partial charge in [0.25, 0.3) is 5.09 Å². The van der Waals surface area contributed by atoms with Gasteiger partial charge in [-0.15, -0.1) is 10.1 Å². The fourth-order valence-electron chi connectivity index (χ4n) is 3.34. The van der Waals surface area contributed by atoms with Gasteiger partial charge in [-0.2, -0.15) is 0 Å². The van der Waals surface area contributed by atoms with Gasteiger partial charge in [-0.3, -0.25) is 0 Å². The van der Waals surface area contributed by atoms with Crippen molar-refractivity contribution in [2.45, 2.75) is 32.6 Å². The molecule has 1 aromatic carbocycles. The molecule has 1 fully saturated rings. The molecule has 1 aliphatic carbocycles. The van der Waals surface area contributed by atoms with E-state index >= 15 is 0 Å². The number of benzene rings is 1. The molecule has 0 saturated heterocycles. The Labute approximate surface area is 144 Å². The molecule has 0 unspecified atom stereocenters. The number of ether oxygens (including phenoxy) is 1. The summed E-state index contributed by atoms with van der Waals surface area (Å²) in [5.74, 6) is 1.35. The number of aryl methyl sites for hydroxylation is 1. The van der Waals surface area contributed by atoms with Crippen LogP contribution in [0.2, 0.25) is 0 Å². The fraction of sp³-hybridized carbons (Fsp3) is 0.500. The predicted molar refractivity (Wildman–Crippen MR) is 91.1 cm³/mol. The topological polar surface area (TPSA) is 91.8 Å². The van der Waals surface area contributed by atoms with Crippen LogP contribution in [0, 0.1) is 28.9 Å². The first kappa shape index (κ1) is 17.3. The second kappa shape index (κ2) is 7.55. The standard InChI is InChI=1S/C18H21NO6/c1-12-8-18(20)25-17-9-15(6-7-16(12)17)23-10-13-2-4-14(5-3-13)11-24-19(21)22/h6-9,13-14H,2-5,10-11H2,1H3/t13-,14-. The van der Waals surface area contributed by atoms with E-state index in [1.807, 2.05) is 19.1 Å². The third-order valence-electron chi connectivity index (χ3n) is 4.79. The molecule has 7 nitrogen and oxygen atoms in total. The molecule has 0 radical (unpaired) electrons. The van der Waals surface area contributed by atoms with Crippen molar-refractivity contribution < 1.29 is 19.1 Å². The van der Waals surface area contributed by atoms with Gasteiger partial charge in [-0.1, -0.05) is 0 Å². The number of hydrogen-bond acceptors (Lipinski definition) is 6. The normalized spacial score (nSPS) is 20.4. The van der Waals surface area contributed by atoms with Crippen molar-refractivity contribution in [3.05, 3.63) is 50.4 Å². The number of fused-ring (bicyclic) bond motifs is 1. The summed E-state index contributed by atoms with van der Waals surface area (Å²) in [5, 5.41) is 10.4. The highest BCUT2D eigenvalue weighted by Gasteiger charge is 2.22. The van der Waals surface area contributed by atoms with Gasteiger partial charge < -0.3 is 14.0 Å². The van der Waals surface area contributed by atoms with Crippen LogP contribution in [0.1, 0.15) is 31.2 Å². The molecule has 3 rings (SSSR count). The van der Waals surface area contributed by atoms with Crippen molar-refractivity contribution in [3.63, 3.8) is 0 Å². The molecule has 0 amide bonds. The van der Waals surface area contributed by atoms with E-state index in [1.165, 1.54) is 6.07 Å². The minimum absolute atomic E-state index is 0.184. The van der Waals surface area contributed by atoms with Crippen molar-refractivity contribution in [1.29, 1.82) is 0 Å². The lowest BCUT2D eigenvalue weighted by atomic mass is 9.83. The van der Waals surface area contributed by atoms with E-state index in [0.29, 0.717) is 23.9 Å². The molecule has 7 heteroatoms. The molecule has 0 aliphatic heterocycles. The van der Waals surface area contributed by atoms with E-state index < -0.39 is 5.09 Å². The lowest BCUT2D eigenvalue weighted by Gasteiger charge is -2.27. The van der Waals surface area contributed by atoms with Crippen LogP contribution < -0.4 is 10.4 Å². The average Bonchev–Trinajstić information content (AvgIpc) is 2.58.